The third-order valence-electron chi connectivity index (χ3n) is 3.00. The molecule has 118 valence electrons. The summed E-state index contributed by atoms with van der Waals surface area (Å²) in [6, 6.07) is 7.65. The van der Waals surface area contributed by atoms with Crippen LogP contribution < -0.4 is 10.5 Å². The number of hydrogen-bond acceptors (Lipinski definition) is 5. The molecule has 2 N–H and O–H groups in total. The van der Waals surface area contributed by atoms with Crippen molar-refractivity contribution in [3.05, 3.63) is 29.8 Å². The van der Waals surface area contributed by atoms with E-state index in [4.69, 9.17) is 19.9 Å². The van der Waals surface area contributed by atoms with E-state index in [1.54, 1.807) is 21.0 Å². The second-order valence-corrected chi connectivity index (χ2v) is 5.35. The first-order chi connectivity index (χ1) is 9.89. The number of ether oxygens (including phenoxy) is 3. The average Bonchev–Trinajstić information content (AvgIpc) is 2.39. The molecule has 1 aromatic rings. The Bertz CT molecular complexity index is 459. The number of benzene rings is 1. The molecule has 5 nitrogen and oxygen atoms in total. The highest BCUT2D eigenvalue weighted by Crippen LogP contribution is 2.19. The number of nitrogens with two attached hydrogens (primary N) is 1. The van der Waals surface area contributed by atoms with E-state index in [0.29, 0.717) is 19.6 Å². The molecule has 2 unspecified atom stereocenters. The molecule has 5 heteroatoms. The summed E-state index contributed by atoms with van der Waals surface area (Å²) in [5.41, 5.74) is 5.98. The Balaban J connectivity index is 2.62. The molecule has 21 heavy (non-hydrogen) atoms. The Hall–Kier alpha value is -1.59. The lowest BCUT2D eigenvalue weighted by Crippen LogP contribution is -2.49. The summed E-state index contributed by atoms with van der Waals surface area (Å²) < 4.78 is 15.9. The van der Waals surface area contributed by atoms with Crippen molar-refractivity contribution >= 4 is 5.97 Å². The molecule has 1 rings (SSSR count). The fourth-order valence-electron chi connectivity index (χ4n) is 2.13. The first kappa shape index (κ1) is 17.5. The molecule has 0 bridgehead atoms. The molecule has 0 aliphatic rings. The van der Waals surface area contributed by atoms with E-state index in [9.17, 15) is 4.79 Å². The molecule has 0 aliphatic heterocycles. The average molecular weight is 295 g/mol. The molecular weight excluding hydrogens is 270 g/mol. The Morgan fingerprint density at radius 3 is 2.76 bits per heavy atom. The standard InChI is InChI=1S/C16H25NO4/c1-5-20-15(18)16(3,17)10-12(2)21-14-8-6-7-13(9-14)11-19-4/h6-9,12H,5,10-11,17H2,1-4H3. The summed E-state index contributed by atoms with van der Waals surface area (Å²) in [4.78, 5) is 11.8. The minimum atomic E-state index is -1.06. The van der Waals surface area contributed by atoms with Crippen LogP contribution in [0.2, 0.25) is 0 Å². The van der Waals surface area contributed by atoms with Crippen LogP contribution in [0.5, 0.6) is 5.75 Å². The zero-order valence-electron chi connectivity index (χ0n) is 13.2. The fraction of sp³-hybridized carbons (Fsp3) is 0.562. The lowest BCUT2D eigenvalue weighted by molar-refractivity contribution is -0.149. The van der Waals surface area contributed by atoms with E-state index in [1.807, 2.05) is 31.2 Å². The van der Waals surface area contributed by atoms with Crippen molar-refractivity contribution in [3.8, 4) is 5.75 Å². The van der Waals surface area contributed by atoms with E-state index < -0.39 is 11.5 Å². The van der Waals surface area contributed by atoms with Crippen molar-refractivity contribution in [2.24, 2.45) is 5.73 Å². The second-order valence-electron chi connectivity index (χ2n) is 5.35. The molecule has 2 atom stereocenters. The summed E-state index contributed by atoms with van der Waals surface area (Å²) in [5.74, 6) is 0.324. The number of methoxy groups -OCH3 is 1. The Labute approximate surface area is 126 Å². The SMILES string of the molecule is CCOC(=O)C(C)(N)CC(C)Oc1cccc(COC)c1. The monoisotopic (exact) mass is 295 g/mol. The maximum Gasteiger partial charge on any atom is 0.325 e. The number of esters is 1. The van der Waals surface area contributed by atoms with Gasteiger partial charge in [0.1, 0.15) is 11.3 Å². The van der Waals surface area contributed by atoms with Gasteiger partial charge in [0.05, 0.1) is 19.3 Å². The van der Waals surface area contributed by atoms with Gasteiger partial charge in [0.25, 0.3) is 0 Å². The van der Waals surface area contributed by atoms with E-state index in [1.165, 1.54) is 0 Å². The van der Waals surface area contributed by atoms with E-state index in [0.717, 1.165) is 11.3 Å². The minimum Gasteiger partial charge on any atom is -0.491 e. The largest absolute Gasteiger partial charge is 0.491 e. The highest BCUT2D eigenvalue weighted by Gasteiger charge is 2.32. The molecule has 1 aromatic carbocycles. The third-order valence-corrected chi connectivity index (χ3v) is 3.00. The molecule has 0 amide bonds. The lowest BCUT2D eigenvalue weighted by atomic mass is 9.96. The predicted molar refractivity (Wildman–Crippen MR) is 81.1 cm³/mol. The van der Waals surface area contributed by atoms with Crippen molar-refractivity contribution in [1.82, 2.24) is 0 Å². The molecule has 0 saturated heterocycles. The molecular formula is C16H25NO4. The molecule has 0 radical (unpaired) electrons. The van der Waals surface area contributed by atoms with Crippen LogP contribution in [-0.4, -0.2) is 31.3 Å². The highest BCUT2D eigenvalue weighted by molar-refractivity contribution is 5.80. The summed E-state index contributed by atoms with van der Waals surface area (Å²) in [6.07, 6.45) is 0.169. The van der Waals surface area contributed by atoms with Crippen molar-refractivity contribution in [2.45, 2.75) is 45.4 Å². The van der Waals surface area contributed by atoms with Crippen molar-refractivity contribution in [1.29, 1.82) is 0 Å². The van der Waals surface area contributed by atoms with E-state index in [2.05, 4.69) is 0 Å². The van der Waals surface area contributed by atoms with Crippen LogP contribution in [0.25, 0.3) is 0 Å². The highest BCUT2D eigenvalue weighted by atomic mass is 16.5. The van der Waals surface area contributed by atoms with Crippen LogP contribution in [0.3, 0.4) is 0 Å². The van der Waals surface area contributed by atoms with Gasteiger partial charge in [-0.3, -0.25) is 4.79 Å². The van der Waals surface area contributed by atoms with Crippen molar-refractivity contribution < 1.29 is 19.0 Å². The minimum absolute atomic E-state index is 0.206. The summed E-state index contributed by atoms with van der Waals surface area (Å²) in [5, 5.41) is 0. The topological polar surface area (TPSA) is 70.8 Å². The zero-order valence-corrected chi connectivity index (χ0v) is 13.2. The fourth-order valence-corrected chi connectivity index (χ4v) is 2.13. The maximum atomic E-state index is 11.8. The van der Waals surface area contributed by atoms with Crippen LogP contribution in [0.4, 0.5) is 0 Å². The van der Waals surface area contributed by atoms with Crippen molar-refractivity contribution in [2.75, 3.05) is 13.7 Å². The van der Waals surface area contributed by atoms with Crippen LogP contribution in [0.1, 0.15) is 32.8 Å². The van der Waals surface area contributed by atoms with Crippen LogP contribution in [0.15, 0.2) is 24.3 Å². The molecule has 0 aliphatic carbocycles. The van der Waals surface area contributed by atoms with Gasteiger partial charge in [-0.15, -0.1) is 0 Å². The van der Waals surface area contributed by atoms with Crippen molar-refractivity contribution in [3.63, 3.8) is 0 Å². The normalized spacial score (nSPS) is 15.1. The number of rotatable bonds is 8. The van der Waals surface area contributed by atoms with Gasteiger partial charge in [-0.2, -0.15) is 0 Å². The van der Waals surface area contributed by atoms with E-state index >= 15 is 0 Å². The Kier molecular flexibility index (Phi) is 6.65. The Morgan fingerprint density at radius 1 is 1.43 bits per heavy atom. The maximum absolute atomic E-state index is 11.8. The number of carbonyl (C=O) groups is 1. The smallest absolute Gasteiger partial charge is 0.325 e. The first-order valence-corrected chi connectivity index (χ1v) is 7.09. The van der Waals surface area contributed by atoms with Crippen LogP contribution in [0, 0.1) is 0 Å². The van der Waals surface area contributed by atoms with Gasteiger partial charge in [0.2, 0.25) is 0 Å². The first-order valence-electron chi connectivity index (χ1n) is 7.09. The summed E-state index contributed by atoms with van der Waals surface area (Å²) in [7, 11) is 1.65. The van der Waals surface area contributed by atoms with Crippen LogP contribution in [-0.2, 0) is 20.9 Å². The molecule has 0 saturated carbocycles. The van der Waals surface area contributed by atoms with Gasteiger partial charge in [0, 0.05) is 13.5 Å². The number of carbonyl (C=O) groups excluding carboxylic acids is 1. The van der Waals surface area contributed by atoms with Gasteiger partial charge in [-0.05, 0) is 38.5 Å². The molecule has 0 heterocycles. The predicted octanol–water partition coefficient (Wildman–Crippen LogP) is 2.27. The Morgan fingerprint density at radius 2 is 2.14 bits per heavy atom. The summed E-state index contributed by atoms with van der Waals surface area (Å²) >= 11 is 0. The summed E-state index contributed by atoms with van der Waals surface area (Å²) in [6.45, 7) is 6.15. The molecule has 0 spiro atoms. The third kappa shape index (κ3) is 5.73. The van der Waals surface area contributed by atoms with Gasteiger partial charge >= 0.3 is 5.97 Å². The number of hydrogen-bond donors (Lipinski definition) is 1. The van der Waals surface area contributed by atoms with Crippen LogP contribution >= 0.6 is 0 Å². The van der Waals surface area contributed by atoms with Gasteiger partial charge in [-0.25, -0.2) is 0 Å². The zero-order chi connectivity index (χ0) is 15.9. The van der Waals surface area contributed by atoms with E-state index in [-0.39, 0.29) is 6.10 Å². The second kappa shape index (κ2) is 8.00. The molecule has 0 aromatic heterocycles. The van der Waals surface area contributed by atoms with Gasteiger partial charge in [0.15, 0.2) is 0 Å². The lowest BCUT2D eigenvalue weighted by Gasteiger charge is -2.26. The molecule has 0 fully saturated rings. The van der Waals surface area contributed by atoms with Gasteiger partial charge in [-0.1, -0.05) is 12.1 Å². The van der Waals surface area contributed by atoms with Gasteiger partial charge < -0.3 is 19.9 Å². The quantitative estimate of drug-likeness (QED) is 0.745.